The monoisotopic (exact) mass is 328 g/mol. The van der Waals surface area contributed by atoms with Crippen molar-refractivity contribution in [2.24, 2.45) is 17.3 Å². The van der Waals surface area contributed by atoms with Gasteiger partial charge in [0.05, 0.1) is 5.92 Å². The van der Waals surface area contributed by atoms with Crippen LogP contribution in [0.2, 0.25) is 0 Å². The third-order valence-electron chi connectivity index (χ3n) is 5.36. The molecule has 0 spiro atoms. The largest absolute Gasteiger partial charge is 0.353 e. The van der Waals surface area contributed by atoms with Crippen LogP contribution in [0, 0.1) is 17.3 Å². The second kappa shape index (κ2) is 6.54. The third kappa shape index (κ3) is 3.45. The smallest absolute Gasteiger partial charge is 0.224 e. The highest BCUT2D eigenvalue weighted by Crippen LogP contribution is 2.59. The van der Waals surface area contributed by atoms with Crippen LogP contribution >= 0.6 is 0 Å². The molecule has 0 unspecified atom stereocenters. The Hall–Kier alpha value is -1.91. The molecule has 1 aromatic rings. The van der Waals surface area contributed by atoms with Crippen molar-refractivity contribution < 1.29 is 4.79 Å². The molecule has 5 heteroatoms. The fraction of sp³-hybridized carbons (Fsp3) is 0.632. The SMILES string of the molecule is CC(C)=C[C@@H]1[C@@H](C(=O)N[C@@H]2CCCN(c3cccnn3)C2)C1(C)C. The van der Waals surface area contributed by atoms with Crippen molar-refractivity contribution in [2.75, 3.05) is 18.0 Å². The van der Waals surface area contributed by atoms with Crippen LogP contribution < -0.4 is 10.2 Å². The first-order valence-electron chi connectivity index (χ1n) is 8.87. The average molecular weight is 328 g/mol. The number of nitrogens with zero attached hydrogens (tertiary/aromatic N) is 3. The number of carbonyl (C=O) groups excluding carboxylic acids is 1. The van der Waals surface area contributed by atoms with Crippen molar-refractivity contribution in [1.82, 2.24) is 15.5 Å². The molecular formula is C19H28N4O. The molecule has 1 aliphatic carbocycles. The number of amides is 1. The van der Waals surface area contributed by atoms with Crippen molar-refractivity contribution in [1.29, 1.82) is 0 Å². The van der Waals surface area contributed by atoms with Crippen LogP contribution in [-0.2, 0) is 4.79 Å². The minimum absolute atomic E-state index is 0.0701. The molecule has 2 heterocycles. The fourth-order valence-electron chi connectivity index (χ4n) is 3.90. The second-order valence-electron chi connectivity index (χ2n) is 7.94. The first-order valence-corrected chi connectivity index (χ1v) is 8.87. The van der Waals surface area contributed by atoms with E-state index in [0.717, 1.165) is 31.7 Å². The fourth-order valence-corrected chi connectivity index (χ4v) is 3.90. The van der Waals surface area contributed by atoms with Gasteiger partial charge < -0.3 is 10.2 Å². The van der Waals surface area contributed by atoms with Gasteiger partial charge in [-0.05, 0) is 50.2 Å². The maximum atomic E-state index is 12.7. The predicted molar refractivity (Wildman–Crippen MR) is 95.6 cm³/mol. The first kappa shape index (κ1) is 16.9. The molecule has 1 saturated heterocycles. The van der Waals surface area contributed by atoms with E-state index in [4.69, 9.17) is 0 Å². The summed E-state index contributed by atoms with van der Waals surface area (Å²) < 4.78 is 0. The zero-order chi connectivity index (χ0) is 17.3. The summed E-state index contributed by atoms with van der Waals surface area (Å²) >= 11 is 0. The molecule has 0 aromatic carbocycles. The maximum Gasteiger partial charge on any atom is 0.224 e. The van der Waals surface area contributed by atoms with Gasteiger partial charge in [-0.25, -0.2) is 0 Å². The molecule has 0 radical (unpaired) electrons. The number of hydrogen-bond acceptors (Lipinski definition) is 4. The van der Waals surface area contributed by atoms with Crippen LogP contribution in [0.25, 0.3) is 0 Å². The minimum Gasteiger partial charge on any atom is -0.353 e. The van der Waals surface area contributed by atoms with Gasteiger partial charge in [0.1, 0.15) is 0 Å². The van der Waals surface area contributed by atoms with E-state index in [1.807, 2.05) is 12.1 Å². The van der Waals surface area contributed by atoms with Gasteiger partial charge in [-0.2, -0.15) is 5.10 Å². The standard InChI is InChI=1S/C19H28N4O/c1-13(2)11-15-17(19(15,3)4)18(24)21-14-7-6-10-23(12-14)16-8-5-9-20-22-16/h5,8-9,11,14-15,17H,6-7,10,12H2,1-4H3,(H,21,24)/t14-,15-,17+/m1/s1. The van der Waals surface area contributed by atoms with E-state index >= 15 is 0 Å². The molecule has 24 heavy (non-hydrogen) atoms. The Morgan fingerprint density at radius 2 is 2.21 bits per heavy atom. The van der Waals surface area contributed by atoms with Crippen molar-refractivity contribution in [2.45, 2.75) is 46.6 Å². The number of anilines is 1. The zero-order valence-electron chi connectivity index (χ0n) is 15.1. The normalized spacial score (nSPS) is 28.2. The molecule has 2 aliphatic rings. The molecular weight excluding hydrogens is 300 g/mol. The summed E-state index contributed by atoms with van der Waals surface area (Å²) in [7, 11) is 0. The quantitative estimate of drug-likeness (QED) is 0.864. The van der Waals surface area contributed by atoms with Crippen LogP contribution in [0.5, 0.6) is 0 Å². The van der Waals surface area contributed by atoms with Crippen LogP contribution in [-0.4, -0.2) is 35.2 Å². The van der Waals surface area contributed by atoms with E-state index in [0.29, 0.717) is 5.92 Å². The lowest BCUT2D eigenvalue weighted by Crippen LogP contribution is -2.48. The number of aromatic nitrogens is 2. The number of carbonyl (C=O) groups is 1. The minimum atomic E-state index is 0.0701. The van der Waals surface area contributed by atoms with Crippen LogP contribution in [0.4, 0.5) is 5.82 Å². The highest BCUT2D eigenvalue weighted by atomic mass is 16.2. The lowest BCUT2D eigenvalue weighted by Gasteiger charge is -2.33. The van der Waals surface area contributed by atoms with E-state index in [2.05, 4.69) is 54.2 Å². The molecule has 1 aromatic heterocycles. The van der Waals surface area contributed by atoms with Crippen molar-refractivity contribution in [3.05, 3.63) is 30.0 Å². The molecule has 3 atom stereocenters. The molecule has 1 amide bonds. The lowest BCUT2D eigenvalue weighted by molar-refractivity contribution is -0.123. The summed E-state index contributed by atoms with van der Waals surface area (Å²) in [5.41, 5.74) is 1.36. The van der Waals surface area contributed by atoms with Gasteiger partial charge in [-0.3, -0.25) is 4.79 Å². The Morgan fingerprint density at radius 1 is 1.42 bits per heavy atom. The van der Waals surface area contributed by atoms with E-state index in [1.54, 1.807) is 6.20 Å². The van der Waals surface area contributed by atoms with Crippen molar-refractivity contribution in [3.63, 3.8) is 0 Å². The Kier molecular flexibility index (Phi) is 4.61. The molecule has 3 rings (SSSR count). The summed E-state index contributed by atoms with van der Waals surface area (Å²) in [5, 5.41) is 11.4. The van der Waals surface area contributed by atoms with Crippen LogP contribution in [0.15, 0.2) is 30.0 Å². The van der Waals surface area contributed by atoms with Gasteiger partial charge >= 0.3 is 0 Å². The number of allylic oxidation sites excluding steroid dienone is 2. The van der Waals surface area contributed by atoms with Crippen LogP contribution in [0.3, 0.4) is 0 Å². The van der Waals surface area contributed by atoms with Crippen LogP contribution in [0.1, 0.15) is 40.5 Å². The van der Waals surface area contributed by atoms with E-state index in [-0.39, 0.29) is 23.3 Å². The second-order valence-corrected chi connectivity index (χ2v) is 7.94. The Morgan fingerprint density at radius 3 is 2.88 bits per heavy atom. The maximum absolute atomic E-state index is 12.7. The van der Waals surface area contributed by atoms with Crippen molar-refractivity contribution in [3.8, 4) is 0 Å². The summed E-state index contributed by atoms with van der Waals surface area (Å²) in [6.07, 6.45) is 6.03. The van der Waals surface area contributed by atoms with Gasteiger partial charge in [-0.1, -0.05) is 25.5 Å². The molecule has 0 bridgehead atoms. The average Bonchev–Trinajstić information content (AvgIpc) is 3.08. The van der Waals surface area contributed by atoms with Crippen molar-refractivity contribution >= 4 is 11.7 Å². The Balaban J connectivity index is 1.60. The summed E-state index contributed by atoms with van der Waals surface area (Å²) in [6.45, 7) is 10.4. The highest BCUT2D eigenvalue weighted by molar-refractivity contribution is 5.84. The third-order valence-corrected chi connectivity index (χ3v) is 5.36. The summed E-state index contributed by atoms with van der Waals surface area (Å²) in [5.74, 6) is 1.56. The highest BCUT2D eigenvalue weighted by Gasteiger charge is 2.60. The Bertz CT molecular complexity index is 622. The van der Waals surface area contributed by atoms with E-state index < -0.39 is 0 Å². The topological polar surface area (TPSA) is 58.1 Å². The molecule has 5 nitrogen and oxygen atoms in total. The summed E-state index contributed by atoms with van der Waals surface area (Å²) in [6, 6.07) is 4.07. The van der Waals surface area contributed by atoms with Gasteiger partial charge in [0.15, 0.2) is 5.82 Å². The molecule has 1 aliphatic heterocycles. The number of nitrogens with one attached hydrogen (secondary N) is 1. The van der Waals surface area contributed by atoms with E-state index in [9.17, 15) is 4.79 Å². The molecule has 2 fully saturated rings. The molecule has 130 valence electrons. The number of piperidine rings is 1. The number of rotatable bonds is 4. The predicted octanol–water partition coefficient (Wildman–Crippen LogP) is 2.80. The Labute approximate surface area is 144 Å². The molecule has 1 saturated carbocycles. The van der Waals surface area contributed by atoms with Gasteiger partial charge in [0.25, 0.3) is 0 Å². The van der Waals surface area contributed by atoms with Gasteiger partial charge in [-0.15, -0.1) is 5.10 Å². The molecule has 1 N–H and O–H groups in total. The van der Waals surface area contributed by atoms with E-state index in [1.165, 1.54) is 5.57 Å². The summed E-state index contributed by atoms with van der Waals surface area (Å²) in [4.78, 5) is 15.0. The van der Waals surface area contributed by atoms with Gasteiger partial charge in [0.2, 0.25) is 5.91 Å². The first-order chi connectivity index (χ1) is 11.4. The van der Waals surface area contributed by atoms with Gasteiger partial charge in [0, 0.05) is 25.3 Å². The number of hydrogen-bond donors (Lipinski definition) is 1. The zero-order valence-corrected chi connectivity index (χ0v) is 15.1. The lowest BCUT2D eigenvalue weighted by atomic mass is 10.0.